The van der Waals surface area contributed by atoms with Crippen LogP contribution in [0, 0.1) is 0 Å². The summed E-state index contributed by atoms with van der Waals surface area (Å²) in [6.45, 7) is 10.1. The molecule has 0 amide bonds. The number of allylic oxidation sites excluding steroid dienone is 3. The molecule has 2 aliphatic carbocycles. The number of ether oxygens (including phenoxy) is 2. The van der Waals surface area contributed by atoms with Crippen LogP contribution in [-0.4, -0.2) is 88.9 Å². The van der Waals surface area contributed by atoms with Crippen LogP contribution in [0.2, 0.25) is 0 Å². The second-order valence-corrected chi connectivity index (χ2v) is 15.1. The topological polar surface area (TPSA) is 65.1 Å². The predicted molar refractivity (Wildman–Crippen MR) is 243 cm³/mol. The maximum Gasteiger partial charge on any atom is 1.00 e. The van der Waals surface area contributed by atoms with Gasteiger partial charge in [0, 0.05) is 44.8 Å². The Balaban J connectivity index is 0.000000161. The predicted octanol–water partition coefficient (Wildman–Crippen LogP) is 6.48. The molecule has 7 heteroatoms. The summed E-state index contributed by atoms with van der Waals surface area (Å²) in [4.78, 5) is 15.6. The van der Waals surface area contributed by atoms with Crippen molar-refractivity contribution in [2.24, 2.45) is 0 Å². The van der Waals surface area contributed by atoms with Gasteiger partial charge in [-0.25, -0.2) is 0 Å². The number of carbonyl (C=O) groups is 1. The van der Waals surface area contributed by atoms with Gasteiger partial charge in [0.1, 0.15) is 0 Å². The fraction of sp³-hybridized carbons (Fsp3) is 0.264. The number of morpholine rings is 2. The first kappa shape index (κ1) is 45.1. The Morgan fingerprint density at radius 1 is 0.550 bits per heavy atom. The van der Waals surface area contributed by atoms with Crippen molar-refractivity contribution in [2.45, 2.75) is 19.3 Å². The van der Waals surface area contributed by atoms with Crippen molar-refractivity contribution in [3.63, 3.8) is 0 Å². The molecule has 0 aromatic heterocycles. The molecule has 0 N–H and O–H groups in total. The van der Waals surface area contributed by atoms with Gasteiger partial charge >= 0.3 is 29.6 Å². The maximum absolute atomic E-state index is 10.6. The van der Waals surface area contributed by atoms with E-state index in [4.69, 9.17) is 14.6 Å². The van der Waals surface area contributed by atoms with Crippen molar-refractivity contribution in [3.8, 4) is 0 Å². The minimum absolute atomic E-state index is 0. The van der Waals surface area contributed by atoms with Crippen LogP contribution >= 0.6 is 0 Å². The quantitative estimate of drug-likeness (QED) is 0.130. The average molecular weight is 807 g/mol. The smallest absolute Gasteiger partial charge is 0.857 e. The summed E-state index contributed by atoms with van der Waals surface area (Å²) in [7, 11) is 0.750. The second kappa shape index (κ2) is 23.5. The van der Waals surface area contributed by atoms with Gasteiger partial charge < -0.3 is 14.6 Å². The molecule has 0 bridgehead atoms. The van der Waals surface area contributed by atoms with Crippen molar-refractivity contribution in [1.29, 1.82) is 0 Å². The SMILES string of the molecule is C1=C(CCN2CCOCC2)c2ccccc2/C1=C/c1cccc2ccccc12.C1=C(CCN2CCOCC2)c2ccccc2C1.C[O-].O=Cc1cccc2ccccc12.[Na+]. The van der Waals surface area contributed by atoms with E-state index in [9.17, 15) is 4.79 Å². The molecule has 6 nitrogen and oxygen atoms in total. The van der Waals surface area contributed by atoms with Gasteiger partial charge in [0.05, 0.1) is 26.4 Å². The maximum atomic E-state index is 10.6. The Labute approximate surface area is 378 Å². The van der Waals surface area contributed by atoms with Crippen molar-refractivity contribution >= 4 is 50.6 Å². The molecular formula is C53H55N2NaO4. The molecule has 2 fully saturated rings. The first-order valence-electron chi connectivity index (χ1n) is 20.9. The van der Waals surface area contributed by atoms with Crippen LogP contribution in [0.4, 0.5) is 0 Å². The summed E-state index contributed by atoms with van der Waals surface area (Å²) in [6.07, 6.45) is 11.4. The van der Waals surface area contributed by atoms with Crippen LogP contribution in [0.5, 0.6) is 0 Å². The molecule has 2 saturated heterocycles. The van der Waals surface area contributed by atoms with Gasteiger partial charge in [-0.05, 0) is 91.4 Å². The zero-order chi connectivity index (χ0) is 40.7. The number of nitrogens with zero attached hydrogens (tertiary/aromatic N) is 2. The average Bonchev–Trinajstić information content (AvgIpc) is 3.90. The first-order chi connectivity index (χ1) is 29.2. The molecule has 0 atom stereocenters. The van der Waals surface area contributed by atoms with Crippen molar-refractivity contribution in [1.82, 2.24) is 9.80 Å². The van der Waals surface area contributed by atoms with E-state index in [1.54, 1.807) is 0 Å². The van der Waals surface area contributed by atoms with Crippen LogP contribution in [0.3, 0.4) is 0 Å². The fourth-order valence-corrected chi connectivity index (χ4v) is 8.38. The number of benzene rings is 6. The monoisotopic (exact) mass is 806 g/mol. The zero-order valence-electron chi connectivity index (χ0n) is 35.2. The summed E-state index contributed by atoms with van der Waals surface area (Å²) >= 11 is 0. The first-order valence-corrected chi connectivity index (χ1v) is 20.9. The van der Waals surface area contributed by atoms with Crippen LogP contribution in [0.1, 0.15) is 51.0 Å². The van der Waals surface area contributed by atoms with Crippen LogP contribution in [0.15, 0.2) is 146 Å². The third-order valence-electron chi connectivity index (χ3n) is 11.5. The second-order valence-electron chi connectivity index (χ2n) is 15.1. The molecule has 0 saturated carbocycles. The largest absolute Gasteiger partial charge is 1.00 e. The summed E-state index contributed by atoms with van der Waals surface area (Å²) in [6, 6.07) is 46.4. The normalized spacial score (nSPS) is 16.4. The number of hydrogen-bond acceptors (Lipinski definition) is 6. The molecule has 60 heavy (non-hydrogen) atoms. The molecule has 0 radical (unpaired) electrons. The van der Waals surface area contributed by atoms with E-state index in [0.29, 0.717) is 0 Å². The molecule has 10 rings (SSSR count). The van der Waals surface area contributed by atoms with Gasteiger partial charge in [0.15, 0.2) is 6.29 Å². The van der Waals surface area contributed by atoms with E-state index >= 15 is 0 Å². The third kappa shape index (κ3) is 11.7. The summed E-state index contributed by atoms with van der Waals surface area (Å²) < 4.78 is 10.9. The Morgan fingerprint density at radius 2 is 1.03 bits per heavy atom. The van der Waals surface area contributed by atoms with Crippen molar-refractivity contribution < 1.29 is 48.9 Å². The number of fused-ring (bicyclic) bond motifs is 4. The number of aldehydes is 1. The summed E-state index contributed by atoms with van der Waals surface area (Å²) in [5.41, 5.74) is 12.1. The molecule has 0 spiro atoms. The molecule has 0 unspecified atom stereocenters. The Kier molecular flexibility index (Phi) is 17.7. The number of hydrogen-bond donors (Lipinski definition) is 0. The van der Waals surface area contributed by atoms with E-state index in [0.717, 1.165) is 102 Å². The van der Waals surface area contributed by atoms with E-state index < -0.39 is 0 Å². The molecule has 4 aliphatic rings. The number of rotatable bonds is 8. The third-order valence-corrected chi connectivity index (χ3v) is 11.5. The van der Waals surface area contributed by atoms with Gasteiger partial charge in [-0.3, -0.25) is 14.6 Å². The standard InChI is InChI=1S/C26H25NO.C15H19NO.C11H8O.CH3O.Na/c1-2-9-24-20(6-1)7-5-8-21(24)18-23-19-22(25-10-3-4-11-26(23)25)12-13-27-14-16-28-17-15-27;1-2-4-15-13(3-1)5-6-14(15)7-8-16-9-11-17-12-10-16;12-8-10-6-3-5-9-4-1-2-7-11(9)10;1-2;/h1-11,18-19H,12-17H2;1-4,6H,5,7-12H2;1-8H;1H3;/q;;;-1;+1/b23-18+;;;;. The van der Waals surface area contributed by atoms with Gasteiger partial charge in [-0.1, -0.05) is 146 Å². The summed E-state index contributed by atoms with van der Waals surface area (Å²) in [5, 5.41) is 13.0. The zero-order valence-corrected chi connectivity index (χ0v) is 37.2. The van der Waals surface area contributed by atoms with E-state index in [1.165, 1.54) is 68.3 Å². The van der Waals surface area contributed by atoms with Crippen molar-refractivity contribution in [2.75, 3.05) is 72.8 Å². The Hall–Kier alpha value is -4.47. The van der Waals surface area contributed by atoms with E-state index in [1.807, 2.05) is 42.5 Å². The Bertz CT molecular complexity index is 2400. The molecule has 6 aromatic rings. The van der Waals surface area contributed by atoms with Gasteiger partial charge in [-0.2, -0.15) is 7.11 Å². The van der Waals surface area contributed by atoms with Gasteiger partial charge in [-0.15, -0.1) is 0 Å². The van der Waals surface area contributed by atoms with Crippen LogP contribution in [-0.2, 0) is 15.9 Å². The fourth-order valence-electron chi connectivity index (χ4n) is 8.38. The summed E-state index contributed by atoms with van der Waals surface area (Å²) in [5.74, 6) is 0. The molecular weight excluding hydrogens is 752 g/mol. The van der Waals surface area contributed by atoms with E-state index in [2.05, 4.69) is 119 Å². The minimum Gasteiger partial charge on any atom is -0.857 e. The van der Waals surface area contributed by atoms with Gasteiger partial charge in [0.25, 0.3) is 0 Å². The molecule has 2 aliphatic heterocycles. The van der Waals surface area contributed by atoms with E-state index in [-0.39, 0.29) is 29.6 Å². The van der Waals surface area contributed by atoms with Crippen LogP contribution in [0.25, 0.3) is 44.3 Å². The molecule has 6 aromatic carbocycles. The minimum atomic E-state index is 0. The van der Waals surface area contributed by atoms with Crippen LogP contribution < -0.4 is 34.7 Å². The Morgan fingerprint density at radius 3 is 1.65 bits per heavy atom. The molecule has 302 valence electrons. The van der Waals surface area contributed by atoms with Crippen molar-refractivity contribution in [3.05, 3.63) is 179 Å². The number of carbonyl (C=O) groups excluding carboxylic acids is 1. The molecule has 2 heterocycles. The van der Waals surface area contributed by atoms with Gasteiger partial charge in [0.2, 0.25) is 0 Å².